The van der Waals surface area contributed by atoms with Crippen LogP contribution in [-0.2, 0) is 5.41 Å². The Labute approximate surface area is 129 Å². The van der Waals surface area contributed by atoms with Crippen LogP contribution in [-0.4, -0.2) is 15.9 Å². The second-order valence-corrected chi connectivity index (χ2v) is 6.42. The first-order valence-corrected chi connectivity index (χ1v) is 7.28. The van der Waals surface area contributed by atoms with Crippen molar-refractivity contribution in [1.82, 2.24) is 9.97 Å². The van der Waals surface area contributed by atoms with Gasteiger partial charge in [0.25, 0.3) is 5.91 Å². The topological polar surface area (TPSA) is 57.8 Å². The Bertz CT molecular complexity index is 810. The molecule has 4 nitrogen and oxygen atoms in total. The van der Waals surface area contributed by atoms with Crippen LogP contribution in [0.5, 0.6) is 0 Å². The summed E-state index contributed by atoms with van der Waals surface area (Å²) in [6.07, 6.45) is 1.64. The fourth-order valence-electron chi connectivity index (χ4n) is 2.34. The second kappa shape index (κ2) is 5.30. The SMILES string of the molecule is CC(C)(C)c1ccc(C(=O)Nc2ccc3nc[nH]c3c2)cc1. The maximum Gasteiger partial charge on any atom is 0.255 e. The van der Waals surface area contributed by atoms with E-state index in [0.29, 0.717) is 5.56 Å². The molecular formula is C18H19N3O. The Balaban J connectivity index is 1.78. The van der Waals surface area contributed by atoms with Gasteiger partial charge in [-0.1, -0.05) is 32.9 Å². The number of aromatic nitrogens is 2. The molecule has 3 rings (SSSR count). The van der Waals surface area contributed by atoms with Crippen molar-refractivity contribution in [3.63, 3.8) is 0 Å². The number of anilines is 1. The molecule has 1 heterocycles. The predicted octanol–water partition coefficient (Wildman–Crippen LogP) is 4.11. The summed E-state index contributed by atoms with van der Waals surface area (Å²) >= 11 is 0. The molecule has 2 aromatic carbocycles. The summed E-state index contributed by atoms with van der Waals surface area (Å²) < 4.78 is 0. The molecule has 112 valence electrons. The minimum absolute atomic E-state index is 0.0840. The van der Waals surface area contributed by atoms with Crippen LogP contribution in [0.2, 0.25) is 0 Å². The van der Waals surface area contributed by atoms with Crippen LogP contribution in [0.25, 0.3) is 11.0 Å². The molecule has 0 saturated carbocycles. The second-order valence-electron chi connectivity index (χ2n) is 6.42. The van der Waals surface area contributed by atoms with E-state index in [4.69, 9.17) is 0 Å². The molecule has 0 radical (unpaired) electrons. The minimum atomic E-state index is -0.112. The molecule has 0 unspecified atom stereocenters. The Morgan fingerprint density at radius 1 is 1.09 bits per heavy atom. The summed E-state index contributed by atoms with van der Waals surface area (Å²) in [7, 11) is 0. The van der Waals surface area contributed by atoms with Gasteiger partial charge in [-0.2, -0.15) is 0 Å². The molecule has 1 aromatic heterocycles. The molecule has 3 aromatic rings. The number of carbonyl (C=O) groups excluding carboxylic acids is 1. The maximum atomic E-state index is 12.3. The number of amides is 1. The number of fused-ring (bicyclic) bond motifs is 1. The van der Waals surface area contributed by atoms with Crippen LogP contribution in [0, 0.1) is 0 Å². The quantitative estimate of drug-likeness (QED) is 0.747. The number of nitrogens with one attached hydrogen (secondary N) is 2. The lowest BCUT2D eigenvalue weighted by molar-refractivity contribution is 0.102. The van der Waals surface area contributed by atoms with E-state index in [1.54, 1.807) is 6.33 Å². The van der Waals surface area contributed by atoms with Crippen molar-refractivity contribution in [3.8, 4) is 0 Å². The highest BCUT2D eigenvalue weighted by Crippen LogP contribution is 2.22. The van der Waals surface area contributed by atoms with Crippen LogP contribution in [0.1, 0.15) is 36.7 Å². The van der Waals surface area contributed by atoms with E-state index in [1.807, 2.05) is 42.5 Å². The van der Waals surface area contributed by atoms with Gasteiger partial charge in [0.15, 0.2) is 0 Å². The number of carbonyl (C=O) groups is 1. The standard InChI is InChI=1S/C18H19N3O/c1-18(2,3)13-6-4-12(5-7-13)17(22)21-14-8-9-15-16(10-14)20-11-19-15/h4-11H,1-3H3,(H,19,20)(H,21,22). The van der Waals surface area contributed by atoms with Crippen LogP contribution in [0.3, 0.4) is 0 Å². The molecule has 22 heavy (non-hydrogen) atoms. The lowest BCUT2D eigenvalue weighted by atomic mass is 9.87. The fourth-order valence-corrected chi connectivity index (χ4v) is 2.34. The monoisotopic (exact) mass is 293 g/mol. The third-order valence-electron chi connectivity index (χ3n) is 3.69. The van der Waals surface area contributed by atoms with Gasteiger partial charge in [0.2, 0.25) is 0 Å². The third-order valence-corrected chi connectivity index (χ3v) is 3.69. The molecule has 0 aliphatic heterocycles. The number of nitrogens with zero attached hydrogens (tertiary/aromatic N) is 1. The van der Waals surface area contributed by atoms with Crippen molar-refractivity contribution in [2.24, 2.45) is 0 Å². The van der Waals surface area contributed by atoms with Crippen molar-refractivity contribution in [3.05, 3.63) is 59.9 Å². The van der Waals surface area contributed by atoms with Gasteiger partial charge in [-0.05, 0) is 41.3 Å². The van der Waals surface area contributed by atoms with E-state index < -0.39 is 0 Å². The highest BCUT2D eigenvalue weighted by Gasteiger charge is 2.14. The average molecular weight is 293 g/mol. The van der Waals surface area contributed by atoms with Crippen LogP contribution in [0.15, 0.2) is 48.8 Å². The highest BCUT2D eigenvalue weighted by atomic mass is 16.1. The first kappa shape index (κ1) is 14.3. The Morgan fingerprint density at radius 2 is 1.82 bits per heavy atom. The zero-order valence-corrected chi connectivity index (χ0v) is 13.0. The number of H-pyrrole nitrogens is 1. The van der Waals surface area contributed by atoms with Crippen molar-refractivity contribution in [2.75, 3.05) is 5.32 Å². The van der Waals surface area contributed by atoms with Crippen LogP contribution < -0.4 is 5.32 Å². The van der Waals surface area contributed by atoms with E-state index in [9.17, 15) is 4.79 Å². The van der Waals surface area contributed by atoms with Crippen LogP contribution >= 0.6 is 0 Å². The summed E-state index contributed by atoms with van der Waals surface area (Å²) in [5.74, 6) is -0.112. The van der Waals surface area contributed by atoms with Gasteiger partial charge in [0, 0.05) is 11.3 Å². The minimum Gasteiger partial charge on any atom is -0.345 e. The fraction of sp³-hybridized carbons (Fsp3) is 0.222. The van der Waals surface area contributed by atoms with Crippen molar-refractivity contribution in [2.45, 2.75) is 26.2 Å². The lowest BCUT2D eigenvalue weighted by Crippen LogP contribution is -2.14. The molecule has 0 saturated heterocycles. The Morgan fingerprint density at radius 3 is 2.50 bits per heavy atom. The maximum absolute atomic E-state index is 12.3. The molecule has 1 amide bonds. The third kappa shape index (κ3) is 2.86. The molecule has 0 fully saturated rings. The van der Waals surface area contributed by atoms with Gasteiger partial charge in [-0.25, -0.2) is 4.98 Å². The first-order valence-electron chi connectivity index (χ1n) is 7.28. The van der Waals surface area contributed by atoms with Gasteiger partial charge in [-0.15, -0.1) is 0 Å². The van der Waals surface area contributed by atoms with Crippen molar-refractivity contribution in [1.29, 1.82) is 0 Å². The molecule has 0 bridgehead atoms. The summed E-state index contributed by atoms with van der Waals surface area (Å²) in [6, 6.07) is 13.4. The van der Waals surface area contributed by atoms with Gasteiger partial charge in [-0.3, -0.25) is 4.79 Å². The Hall–Kier alpha value is -2.62. The first-order chi connectivity index (χ1) is 10.4. The molecular weight excluding hydrogens is 274 g/mol. The zero-order valence-electron chi connectivity index (χ0n) is 13.0. The van der Waals surface area contributed by atoms with Gasteiger partial charge in [0.1, 0.15) is 0 Å². The predicted molar refractivity (Wildman–Crippen MR) is 89.2 cm³/mol. The molecule has 2 N–H and O–H groups in total. The zero-order chi connectivity index (χ0) is 15.7. The van der Waals surface area contributed by atoms with E-state index in [-0.39, 0.29) is 11.3 Å². The largest absolute Gasteiger partial charge is 0.345 e. The van der Waals surface area contributed by atoms with Gasteiger partial charge < -0.3 is 10.3 Å². The number of hydrogen-bond donors (Lipinski definition) is 2. The number of hydrogen-bond acceptors (Lipinski definition) is 2. The number of imidazole rings is 1. The number of aromatic amines is 1. The van der Waals surface area contributed by atoms with E-state index in [0.717, 1.165) is 16.7 Å². The molecule has 0 atom stereocenters. The number of rotatable bonds is 2. The smallest absolute Gasteiger partial charge is 0.255 e. The normalized spacial score (nSPS) is 11.6. The Kier molecular flexibility index (Phi) is 3.45. The number of benzene rings is 2. The highest BCUT2D eigenvalue weighted by molar-refractivity contribution is 6.04. The van der Waals surface area contributed by atoms with E-state index in [1.165, 1.54) is 5.56 Å². The van der Waals surface area contributed by atoms with E-state index in [2.05, 4.69) is 36.1 Å². The molecule has 0 spiro atoms. The lowest BCUT2D eigenvalue weighted by Gasteiger charge is -2.19. The van der Waals surface area contributed by atoms with Crippen LogP contribution in [0.4, 0.5) is 5.69 Å². The summed E-state index contributed by atoms with van der Waals surface area (Å²) in [4.78, 5) is 19.5. The van der Waals surface area contributed by atoms with Gasteiger partial charge in [0.05, 0.1) is 17.4 Å². The van der Waals surface area contributed by atoms with Crippen molar-refractivity contribution >= 4 is 22.6 Å². The molecule has 0 aliphatic carbocycles. The van der Waals surface area contributed by atoms with E-state index >= 15 is 0 Å². The molecule has 0 aliphatic rings. The summed E-state index contributed by atoms with van der Waals surface area (Å²) in [6.45, 7) is 6.46. The van der Waals surface area contributed by atoms with Gasteiger partial charge >= 0.3 is 0 Å². The summed E-state index contributed by atoms with van der Waals surface area (Å²) in [5, 5.41) is 2.91. The summed E-state index contributed by atoms with van der Waals surface area (Å²) in [5.41, 5.74) is 4.48. The van der Waals surface area contributed by atoms with Crippen molar-refractivity contribution < 1.29 is 4.79 Å². The average Bonchev–Trinajstić information content (AvgIpc) is 2.94. The molecule has 4 heteroatoms.